The van der Waals surface area contributed by atoms with Gasteiger partial charge in [-0.25, -0.2) is 0 Å². The summed E-state index contributed by atoms with van der Waals surface area (Å²) in [6, 6.07) is 10.8. The van der Waals surface area contributed by atoms with Crippen LogP contribution < -0.4 is 5.32 Å². The van der Waals surface area contributed by atoms with E-state index >= 15 is 0 Å². The molecule has 1 aromatic carbocycles. The van der Waals surface area contributed by atoms with Crippen molar-refractivity contribution in [1.29, 1.82) is 0 Å². The van der Waals surface area contributed by atoms with Crippen LogP contribution in [0.5, 0.6) is 0 Å². The van der Waals surface area contributed by atoms with Crippen LogP contribution in [0.15, 0.2) is 30.3 Å². The minimum Gasteiger partial charge on any atom is -0.323 e. The third-order valence-electron chi connectivity index (χ3n) is 2.26. The summed E-state index contributed by atoms with van der Waals surface area (Å²) in [4.78, 5) is 0. The summed E-state index contributed by atoms with van der Waals surface area (Å²) in [5, 5.41) is 2.75. The van der Waals surface area contributed by atoms with E-state index in [2.05, 4.69) is 49.5 Å². The number of hydrogen-bond donors (Lipinski definition) is 1. The molecule has 0 bridgehead atoms. The van der Waals surface area contributed by atoms with Gasteiger partial charge in [-0.3, -0.25) is 0 Å². The van der Waals surface area contributed by atoms with E-state index in [9.17, 15) is 0 Å². The van der Waals surface area contributed by atoms with Crippen molar-refractivity contribution in [2.24, 2.45) is 0 Å². The van der Waals surface area contributed by atoms with E-state index in [1.54, 1.807) is 0 Å². The molecule has 0 spiro atoms. The molecule has 0 atom stereocenters. The highest BCUT2D eigenvalue weighted by molar-refractivity contribution is 5.18. The lowest BCUT2D eigenvalue weighted by molar-refractivity contribution is 0.642. The molecule has 1 rings (SSSR count). The van der Waals surface area contributed by atoms with Crippen molar-refractivity contribution >= 4 is 0 Å². The minimum absolute atomic E-state index is 0.760. The van der Waals surface area contributed by atoms with Crippen LogP contribution in [-0.4, -0.2) is 14.1 Å². The van der Waals surface area contributed by atoms with E-state index in [0.717, 1.165) is 5.92 Å². The van der Waals surface area contributed by atoms with Crippen molar-refractivity contribution in [2.75, 3.05) is 14.1 Å². The van der Waals surface area contributed by atoms with Gasteiger partial charge in [-0.2, -0.15) is 0 Å². The van der Waals surface area contributed by atoms with Crippen molar-refractivity contribution in [3.05, 3.63) is 35.9 Å². The lowest BCUT2D eigenvalue weighted by Gasteiger charge is -2.11. The summed E-state index contributed by atoms with van der Waals surface area (Å²) in [5.74, 6) is 0.760. The Bertz CT molecular complexity index is 202. The standard InChI is InChI=1S/C11H16.C2H7N/c1-3-10(4-2)11-8-6-5-7-9-11;1-3-2/h5-10H,3-4H2,1-2H3;3H,1-2H3. The smallest absolute Gasteiger partial charge is 0.0167 e. The van der Waals surface area contributed by atoms with Gasteiger partial charge in [0.15, 0.2) is 0 Å². The monoisotopic (exact) mass is 193 g/mol. The largest absolute Gasteiger partial charge is 0.323 e. The fraction of sp³-hybridized carbons (Fsp3) is 0.538. The highest BCUT2D eigenvalue weighted by Gasteiger charge is 2.03. The molecule has 1 N–H and O–H groups in total. The third kappa shape index (κ3) is 5.03. The predicted molar refractivity (Wildman–Crippen MR) is 64.7 cm³/mol. The zero-order valence-corrected chi connectivity index (χ0v) is 9.88. The zero-order valence-electron chi connectivity index (χ0n) is 9.88. The van der Waals surface area contributed by atoms with Crippen molar-refractivity contribution in [3.8, 4) is 0 Å². The first kappa shape index (κ1) is 13.2. The minimum atomic E-state index is 0.760. The Kier molecular flexibility index (Phi) is 8.25. The average molecular weight is 193 g/mol. The quantitative estimate of drug-likeness (QED) is 0.775. The Morgan fingerprint density at radius 1 is 1.00 bits per heavy atom. The molecule has 0 unspecified atom stereocenters. The van der Waals surface area contributed by atoms with Crippen LogP contribution in [-0.2, 0) is 0 Å². The Hall–Kier alpha value is -0.820. The average Bonchev–Trinajstić information content (AvgIpc) is 2.22. The molecule has 0 aliphatic rings. The number of benzene rings is 1. The van der Waals surface area contributed by atoms with Crippen LogP contribution in [0.3, 0.4) is 0 Å². The van der Waals surface area contributed by atoms with Gasteiger partial charge in [-0.15, -0.1) is 0 Å². The normalized spacial score (nSPS) is 9.50. The molecule has 0 aliphatic heterocycles. The molecule has 0 amide bonds. The van der Waals surface area contributed by atoms with Crippen LogP contribution in [0, 0.1) is 0 Å². The Balaban J connectivity index is 0.000000500. The Labute approximate surface area is 88.5 Å². The molecule has 0 aliphatic carbocycles. The number of hydrogen-bond acceptors (Lipinski definition) is 1. The fourth-order valence-corrected chi connectivity index (χ4v) is 1.49. The highest BCUT2D eigenvalue weighted by atomic mass is 14.7. The highest BCUT2D eigenvalue weighted by Crippen LogP contribution is 2.21. The predicted octanol–water partition coefficient (Wildman–Crippen LogP) is 3.43. The van der Waals surface area contributed by atoms with Crippen LogP contribution in [0.1, 0.15) is 38.2 Å². The maximum Gasteiger partial charge on any atom is -0.0167 e. The van der Waals surface area contributed by atoms with E-state index in [1.165, 1.54) is 18.4 Å². The topological polar surface area (TPSA) is 12.0 Å². The third-order valence-corrected chi connectivity index (χ3v) is 2.26. The molecule has 1 aromatic rings. The lowest BCUT2D eigenvalue weighted by Crippen LogP contribution is -1.93. The van der Waals surface area contributed by atoms with Gasteiger partial charge < -0.3 is 5.32 Å². The first-order valence-corrected chi connectivity index (χ1v) is 5.43. The van der Waals surface area contributed by atoms with Crippen molar-refractivity contribution in [1.82, 2.24) is 5.32 Å². The Morgan fingerprint density at radius 2 is 1.43 bits per heavy atom. The van der Waals surface area contributed by atoms with E-state index in [-0.39, 0.29) is 0 Å². The summed E-state index contributed by atoms with van der Waals surface area (Å²) in [6.45, 7) is 4.50. The summed E-state index contributed by atoms with van der Waals surface area (Å²) < 4.78 is 0. The van der Waals surface area contributed by atoms with E-state index in [4.69, 9.17) is 0 Å². The molecule has 0 aromatic heterocycles. The van der Waals surface area contributed by atoms with Gasteiger partial charge in [-0.1, -0.05) is 44.2 Å². The van der Waals surface area contributed by atoms with E-state index in [0.29, 0.717) is 0 Å². The molecule has 0 saturated heterocycles. The molecule has 0 fully saturated rings. The molecule has 80 valence electrons. The second kappa shape index (κ2) is 8.76. The molecule has 0 saturated carbocycles. The molecular formula is C13H23N. The molecular weight excluding hydrogens is 170 g/mol. The molecule has 14 heavy (non-hydrogen) atoms. The van der Waals surface area contributed by atoms with Gasteiger partial charge in [0, 0.05) is 0 Å². The van der Waals surface area contributed by atoms with Gasteiger partial charge in [-0.05, 0) is 38.4 Å². The van der Waals surface area contributed by atoms with Crippen molar-refractivity contribution in [3.63, 3.8) is 0 Å². The lowest BCUT2D eigenvalue weighted by atomic mass is 9.94. The zero-order chi connectivity index (χ0) is 10.8. The van der Waals surface area contributed by atoms with Gasteiger partial charge in [0.2, 0.25) is 0 Å². The van der Waals surface area contributed by atoms with Crippen LogP contribution in [0.4, 0.5) is 0 Å². The summed E-state index contributed by atoms with van der Waals surface area (Å²) in [7, 11) is 3.75. The molecule has 0 heterocycles. The second-order valence-electron chi connectivity index (χ2n) is 3.42. The fourth-order valence-electron chi connectivity index (χ4n) is 1.49. The summed E-state index contributed by atoms with van der Waals surface area (Å²) in [5.41, 5.74) is 1.48. The van der Waals surface area contributed by atoms with Gasteiger partial charge in [0.25, 0.3) is 0 Å². The SMILES string of the molecule is CCC(CC)c1ccccc1.CNC. The Morgan fingerprint density at radius 3 is 1.79 bits per heavy atom. The summed E-state index contributed by atoms with van der Waals surface area (Å²) >= 11 is 0. The maximum atomic E-state index is 2.75. The molecule has 1 heteroatoms. The molecule has 0 radical (unpaired) electrons. The summed E-state index contributed by atoms with van der Waals surface area (Å²) in [6.07, 6.45) is 2.50. The van der Waals surface area contributed by atoms with Crippen molar-refractivity contribution in [2.45, 2.75) is 32.6 Å². The molecule has 1 nitrogen and oxygen atoms in total. The van der Waals surface area contributed by atoms with Crippen LogP contribution in [0.2, 0.25) is 0 Å². The number of rotatable bonds is 3. The van der Waals surface area contributed by atoms with Crippen molar-refractivity contribution < 1.29 is 0 Å². The van der Waals surface area contributed by atoms with Crippen LogP contribution in [0.25, 0.3) is 0 Å². The van der Waals surface area contributed by atoms with Gasteiger partial charge in [0.1, 0.15) is 0 Å². The number of nitrogens with one attached hydrogen (secondary N) is 1. The first-order valence-electron chi connectivity index (χ1n) is 5.43. The van der Waals surface area contributed by atoms with E-state index < -0.39 is 0 Å². The van der Waals surface area contributed by atoms with Crippen LogP contribution >= 0.6 is 0 Å². The van der Waals surface area contributed by atoms with E-state index in [1.807, 2.05) is 14.1 Å². The van der Waals surface area contributed by atoms with Gasteiger partial charge >= 0.3 is 0 Å². The maximum absolute atomic E-state index is 2.75. The second-order valence-corrected chi connectivity index (χ2v) is 3.42. The van der Waals surface area contributed by atoms with Gasteiger partial charge in [0.05, 0.1) is 0 Å². The first-order chi connectivity index (χ1) is 6.79.